The molecule has 1 aliphatic heterocycles. The molecule has 3 heterocycles. The van der Waals surface area contributed by atoms with Crippen LogP contribution in [0.4, 0.5) is 5.13 Å². The third kappa shape index (κ3) is 2.68. The summed E-state index contributed by atoms with van der Waals surface area (Å²) < 4.78 is 4.22. The molecule has 118 valence electrons. The molecule has 3 aromatic rings. The van der Waals surface area contributed by atoms with Gasteiger partial charge in [0.2, 0.25) is 5.13 Å². The van der Waals surface area contributed by atoms with E-state index in [1.807, 2.05) is 42.3 Å². The number of carbonyl (C=O) groups excluding carboxylic acids is 1. The Morgan fingerprint density at radius 3 is 2.78 bits per heavy atom. The van der Waals surface area contributed by atoms with Gasteiger partial charge in [-0.05, 0) is 30.5 Å². The van der Waals surface area contributed by atoms with Crippen molar-refractivity contribution in [3.05, 3.63) is 41.9 Å². The van der Waals surface area contributed by atoms with Gasteiger partial charge in [0.05, 0.1) is 0 Å². The fraction of sp³-hybridized carbons (Fsp3) is 0.312. The highest BCUT2D eigenvalue weighted by atomic mass is 32.1. The van der Waals surface area contributed by atoms with Gasteiger partial charge in [0.1, 0.15) is 5.82 Å². The van der Waals surface area contributed by atoms with Crippen LogP contribution in [-0.2, 0) is 0 Å². The smallest absolute Gasteiger partial charge is 0.254 e. The lowest BCUT2D eigenvalue weighted by molar-refractivity contribution is 0.0747. The molecule has 0 aliphatic carbocycles. The van der Waals surface area contributed by atoms with Crippen LogP contribution in [0.1, 0.15) is 16.2 Å². The quantitative estimate of drug-likeness (QED) is 0.784. The summed E-state index contributed by atoms with van der Waals surface area (Å²) in [5.41, 5.74) is 1.74. The minimum atomic E-state index is 0.0922. The van der Waals surface area contributed by atoms with Crippen LogP contribution < -0.4 is 4.90 Å². The van der Waals surface area contributed by atoms with Crippen LogP contribution in [0.25, 0.3) is 10.9 Å². The SMILES string of the molecule is Cc1nsc(N2CCN(C(=O)c3ccc4cc[nH]c4c3)CC2)n1. The van der Waals surface area contributed by atoms with Crippen LogP contribution in [0.15, 0.2) is 30.5 Å². The van der Waals surface area contributed by atoms with E-state index in [4.69, 9.17) is 0 Å². The van der Waals surface area contributed by atoms with Crippen molar-refractivity contribution in [1.82, 2.24) is 19.2 Å². The Hall–Kier alpha value is -2.41. The van der Waals surface area contributed by atoms with E-state index in [1.165, 1.54) is 11.5 Å². The average molecular weight is 327 g/mol. The molecule has 0 bridgehead atoms. The molecule has 1 N–H and O–H groups in total. The molecule has 1 amide bonds. The van der Waals surface area contributed by atoms with E-state index in [2.05, 4.69) is 19.2 Å². The molecule has 6 nitrogen and oxygen atoms in total. The Morgan fingerprint density at radius 1 is 1.22 bits per heavy atom. The zero-order chi connectivity index (χ0) is 15.8. The van der Waals surface area contributed by atoms with E-state index in [1.54, 1.807) is 0 Å². The minimum absolute atomic E-state index is 0.0922. The Labute approximate surface area is 137 Å². The van der Waals surface area contributed by atoms with Gasteiger partial charge in [-0.1, -0.05) is 6.07 Å². The fourth-order valence-corrected chi connectivity index (χ4v) is 3.60. The second-order valence-corrected chi connectivity index (χ2v) is 6.41. The molecular formula is C16H17N5OS. The van der Waals surface area contributed by atoms with E-state index in [0.29, 0.717) is 13.1 Å². The maximum Gasteiger partial charge on any atom is 0.254 e. The molecule has 1 aliphatic rings. The summed E-state index contributed by atoms with van der Waals surface area (Å²) >= 11 is 1.42. The minimum Gasteiger partial charge on any atom is -0.361 e. The number of benzene rings is 1. The van der Waals surface area contributed by atoms with E-state index in [9.17, 15) is 4.79 Å². The number of aromatic nitrogens is 3. The third-order valence-corrected chi connectivity index (χ3v) is 5.02. The molecule has 0 unspecified atom stereocenters. The van der Waals surface area contributed by atoms with Crippen LogP contribution in [0.2, 0.25) is 0 Å². The summed E-state index contributed by atoms with van der Waals surface area (Å²) in [6.07, 6.45) is 1.89. The van der Waals surface area contributed by atoms with Crippen LogP contribution in [-0.4, -0.2) is 51.3 Å². The number of anilines is 1. The lowest BCUT2D eigenvalue weighted by atomic mass is 10.1. The largest absolute Gasteiger partial charge is 0.361 e. The maximum atomic E-state index is 12.7. The summed E-state index contributed by atoms with van der Waals surface area (Å²) in [4.78, 5) is 24.4. The molecule has 0 saturated carbocycles. The van der Waals surface area contributed by atoms with Gasteiger partial charge >= 0.3 is 0 Å². The van der Waals surface area contributed by atoms with Crippen molar-refractivity contribution in [2.24, 2.45) is 0 Å². The van der Waals surface area contributed by atoms with E-state index >= 15 is 0 Å². The van der Waals surface area contributed by atoms with Gasteiger partial charge in [0.25, 0.3) is 5.91 Å². The number of H-pyrrole nitrogens is 1. The van der Waals surface area contributed by atoms with Gasteiger partial charge < -0.3 is 14.8 Å². The van der Waals surface area contributed by atoms with Crippen molar-refractivity contribution in [2.45, 2.75) is 6.92 Å². The number of nitrogens with zero attached hydrogens (tertiary/aromatic N) is 4. The number of amides is 1. The Kier molecular flexibility index (Phi) is 3.49. The van der Waals surface area contributed by atoms with Crippen molar-refractivity contribution < 1.29 is 4.79 Å². The number of carbonyl (C=O) groups is 1. The van der Waals surface area contributed by atoms with Crippen LogP contribution in [0.5, 0.6) is 0 Å². The topological polar surface area (TPSA) is 65.1 Å². The molecule has 2 aromatic heterocycles. The number of piperazine rings is 1. The summed E-state index contributed by atoms with van der Waals surface area (Å²) in [6, 6.07) is 7.82. The molecule has 0 atom stereocenters. The molecule has 4 rings (SSSR count). The average Bonchev–Trinajstić information content (AvgIpc) is 3.22. The maximum absolute atomic E-state index is 12.7. The van der Waals surface area contributed by atoms with Crippen molar-refractivity contribution in [2.75, 3.05) is 31.1 Å². The van der Waals surface area contributed by atoms with Gasteiger partial charge in [0, 0.05) is 55.0 Å². The number of nitrogens with one attached hydrogen (secondary N) is 1. The standard InChI is InChI=1S/C16H17N5OS/c1-11-18-16(23-19-11)21-8-6-20(7-9-21)15(22)13-3-2-12-4-5-17-14(12)10-13/h2-5,10,17H,6-9H2,1H3. The lowest BCUT2D eigenvalue weighted by Gasteiger charge is -2.34. The normalized spacial score (nSPS) is 15.3. The first-order chi connectivity index (χ1) is 11.2. The van der Waals surface area contributed by atoms with Crippen LogP contribution >= 0.6 is 11.5 Å². The summed E-state index contributed by atoms with van der Waals surface area (Å²) in [6.45, 7) is 4.91. The molecule has 0 radical (unpaired) electrons. The second-order valence-electron chi connectivity index (χ2n) is 5.68. The Bertz CT molecular complexity index is 847. The predicted molar refractivity (Wildman–Crippen MR) is 91.1 cm³/mol. The van der Waals surface area contributed by atoms with Gasteiger partial charge in [0.15, 0.2) is 0 Å². The van der Waals surface area contributed by atoms with E-state index in [-0.39, 0.29) is 5.91 Å². The van der Waals surface area contributed by atoms with Gasteiger partial charge in [-0.2, -0.15) is 4.37 Å². The second kappa shape index (κ2) is 5.66. The predicted octanol–water partition coefficient (Wildman–Crippen LogP) is 2.29. The Morgan fingerprint density at radius 2 is 2.04 bits per heavy atom. The van der Waals surface area contributed by atoms with Crippen LogP contribution in [0.3, 0.4) is 0 Å². The monoisotopic (exact) mass is 327 g/mol. The van der Waals surface area contributed by atoms with Crippen molar-refractivity contribution in [3.63, 3.8) is 0 Å². The third-order valence-electron chi connectivity index (χ3n) is 4.16. The molecular weight excluding hydrogens is 310 g/mol. The summed E-state index contributed by atoms with van der Waals surface area (Å²) in [5.74, 6) is 0.900. The zero-order valence-corrected chi connectivity index (χ0v) is 13.6. The molecule has 1 saturated heterocycles. The highest BCUT2D eigenvalue weighted by molar-refractivity contribution is 7.09. The van der Waals surface area contributed by atoms with Gasteiger partial charge in [-0.3, -0.25) is 4.79 Å². The Balaban J connectivity index is 1.46. The first-order valence-corrected chi connectivity index (χ1v) is 8.40. The highest BCUT2D eigenvalue weighted by Gasteiger charge is 2.24. The van der Waals surface area contributed by atoms with Gasteiger partial charge in [-0.25, -0.2) is 4.98 Å². The van der Waals surface area contributed by atoms with Crippen molar-refractivity contribution in [1.29, 1.82) is 0 Å². The molecule has 7 heteroatoms. The fourth-order valence-electron chi connectivity index (χ4n) is 2.88. The highest BCUT2D eigenvalue weighted by Crippen LogP contribution is 2.20. The summed E-state index contributed by atoms with van der Waals surface area (Å²) in [5, 5.41) is 2.07. The first kappa shape index (κ1) is 14.2. The summed E-state index contributed by atoms with van der Waals surface area (Å²) in [7, 11) is 0. The molecule has 23 heavy (non-hydrogen) atoms. The van der Waals surface area contributed by atoms with Gasteiger partial charge in [-0.15, -0.1) is 0 Å². The van der Waals surface area contributed by atoms with Crippen molar-refractivity contribution >= 4 is 33.5 Å². The molecule has 1 fully saturated rings. The first-order valence-electron chi connectivity index (χ1n) is 7.62. The zero-order valence-electron chi connectivity index (χ0n) is 12.8. The van der Waals surface area contributed by atoms with Crippen molar-refractivity contribution in [3.8, 4) is 0 Å². The number of hydrogen-bond acceptors (Lipinski definition) is 5. The molecule has 0 spiro atoms. The van der Waals surface area contributed by atoms with Crippen LogP contribution in [0, 0.1) is 6.92 Å². The molecule has 1 aromatic carbocycles. The number of aromatic amines is 1. The number of hydrogen-bond donors (Lipinski definition) is 1. The van der Waals surface area contributed by atoms with E-state index in [0.717, 1.165) is 40.5 Å². The number of fused-ring (bicyclic) bond motifs is 1. The number of aryl methyl sites for hydroxylation is 1. The number of rotatable bonds is 2. The van der Waals surface area contributed by atoms with E-state index < -0.39 is 0 Å². The lowest BCUT2D eigenvalue weighted by Crippen LogP contribution is -2.48.